The number of methoxy groups -OCH3 is 2. The number of carbonyl (C=O) groups excluding carboxylic acids is 1. The van der Waals surface area contributed by atoms with Crippen LogP contribution >= 0.6 is 0 Å². The molecule has 2 aromatic rings. The highest BCUT2D eigenvalue weighted by molar-refractivity contribution is 7.92. The molecule has 168 valence electrons. The van der Waals surface area contributed by atoms with E-state index in [2.05, 4.69) is 5.32 Å². The van der Waals surface area contributed by atoms with E-state index in [1.807, 2.05) is 31.2 Å². The van der Waals surface area contributed by atoms with Crippen LogP contribution in [0.1, 0.15) is 17.5 Å². The molecule has 3 rings (SSSR count). The quantitative estimate of drug-likeness (QED) is 0.623. The fourth-order valence-electron chi connectivity index (χ4n) is 3.47. The van der Waals surface area contributed by atoms with Gasteiger partial charge in [-0.3, -0.25) is 9.10 Å². The lowest BCUT2D eigenvalue weighted by Crippen LogP contribution is -2.50. The van der Waals surface area contributed by atoms with Crippen LogP contribution < -0.4 is 23.8 Å². The molecule has 0 fully saturated rings. The minimum absolute atomic E-state index is 0.0587. The molecule has 9 heteroatoms. The summed E-state index contributed by atoms with van der Waals surface area (Å²) >= 11 is 0. The summed E-state index contributed by atoms with van der Waals surface area (Å²) in [5.41, 5.74) is 2.43. The van der Waals surface area contributed by atoms with E-state index >= 15 is 0 Å². The highest BCUT2D eigenvalue weighted by Gasteiger charge is 2.34. The molecule has 0 saturated heterocycles. The van der Waals surface area contributed by atoms with Crippen molar-refractivity contribution < 1.29 is 27.4 Å². The Morgan fingerprint density at radius 1 is 1.16 bits per heavy atom. The Kier molecular flexibility index (Phi) is 6.94. The molecule has 0 saturated carbocycles. The first kappa shape index (κ1) is 22.7. The van der Waals surface area contributed by atoms with Crippen molar-refractivity contribution in [3.8, 4) is 17.2 Å². The number of fused-ring (bicyclic) bond motifs is 1. The van der Waals surface area contributed by atoms with Crippen LogP contribution in [-0.4, -0.2) is 54.0 Å². The molecule has 2 aromatic carbocycles. The van der Waals surface area contributed by atoms with Crippen molar-refractivity contribution in [2.24, 2.45) is 0 Å². The van der Waals surface area contributed by atoms with Gasteiger partial charge in [-0.1, -0.05) is 12.1 Å². The molecule has 8 nitrogen and oxygen atoms in total. The number of nitrogens with one attached hydrogen (secondary N) is 1. The number of anilines is 1. The van der Waals surface area contributed by atoms with Crippen LogP contribution in [0.25, 0.3) is 0 Å². The summed E-state index contributed by atoms with van der Waals surface area (Å²) in [6.07, 6.45) is 1.66. The molecule has 0 aromatic heterocycles. The maximum Gasteiger partial charge on any atom is 0.263 e. The Balaban J connectivity index is 1.59. The summed E-state index contributed by atoms with van der Waals surface area (Å²) in [6, 6.07) is 11.0. The van der Waals surface area contributed by atoms with Gasteiger partial charge in [0, 0.05) is 6.54 Å². The molecule has 0 radical (unpaired) electrons. The molecule has 1 atom stereocenters. The van der Waals surface area contributed by atoms with Gasteiger partial charge in [0.2, 0.25) is 10.0 Å². The summed E-state index contributed by atoms with van der Waals surface area (Å²) in [5.74, 6) is 1.37. The number of hydrogen-bond donors (Lipinski definition) is 1. The van der Waals surface area contributed by atoms with Gasteiger partial charge < -0.3 is 19.5 Å². The molecule has 0 unspecified atom stereocenters. The number of carbonyl (C=O) groups is 1. The number of nitrogens with zero attached hydrogens (tertiary/aromatic N) is 1. The molecule has 1 heterocycles. The molecule has 1 amide bonds. The van der Waals surface area contributed by atoms with Crippen LogP contribution in [0.2, 0.25) is 0 Å². The van der Waals surface area contributed by atoms with Crippen molar-refractivity contribution in [3.05, 3.63) is 47.5 Å². The topological polar surface area (TPSA) is 94.2 Å². The maximum atomic E-state index is 12.6. The summed E-state index contributed by atoms with van der Waals surface area (Å²) in [7, 11) is -0.368. The Morgan fingerprint density at radius 2 is 1.90 bits per heavy atom. The Hall–Kier alpha value is -2.94. The van der Waals surface area contributed by atoms with E-state index in [1.165, 1.54) is 4.31 Å². The zero-order chi connectivity index (χ0) is 22.6. The third-order valence-electron chi connectivity index (χ3n) is 5.07. The van der Waals surface area contributed by atoms with Crippen molar-refractivity contribution in [2.75, 3.05) is 37.9 Å². The summed E-state index contributed by atoms with van der Waals surface area (Å²) in [6.45, 7) is 2.25. The number of benzene rings is 2. The first-order valence-corrected chi connectivity index (χ1v) is 11.8. The van der Waals surface area contributed by atoms with Crippen LogP contribution in [0.5, 0.6) is 17.2 Å². The fourth-order valence-corrected chi connectivity index (χ4v) is 4.37. The van der Waals surface area contributed by atoms with E-state index in [4.69, 9.17) is 14.2 Å². The lowest BCUT2D eigenvalue weighted by Gasteiger charge is -2.34. The van der Waals surface area contributed by atoms with Crippen LogP contribution in [0.3, 0.4) is 0 Å². The second-order valence-electron chi connectivity index (χ2n) is 7.46. The standard InChI is InChI=1S/C22H28N2O6S/c1-15-7-9-18-17(12-15)24(31(4,26)27)14-21(30-18)22(25)23-11-5-6-16-8-10-19(28-2)20(13-16)29-3/h7-10,12-13,21H,5-6,11,14H2,1-4H3,(H,23,25)/t21-/m1/s1. The number of sulfonamides is 1. The maximum absolute atomic E-state index is 12.6. The van der Waals surface area contributed by atoms with Gasteiger partial charge in [0.1, 0.15) is 5.75 Å². The van der Waals surface area contributed by atoms with E-state index in [0.29, 0.717) is 35.9 Å². The highest BCUT2D eigenvalue weighted by atomic mass is 32.2. The number of ether oxygens (including phenoxy) is 3. The normalized spacial score (nSPS) is 15.6. The second-order valence-corrected chi connectivity index (χ2v) is 9.36. The average molecular weight is 449 g/mol. The molecule has 31 heavy (non-hydrogen) atoms. The fraction of sp³-hybridized carbons (Fsp3) is 0.409. The molecule has 0 aliphatic carbocycles. The Morgan fingerprint density at radius 3 is 2.58 bits per heavy atom. The summed E-state index contributed by atoms with van der Waals surface area (Å²) < 4.78 is 42.1. The van der Waals surface area contributed by atoms with Gasteiger partial charge in [0.25, 0.3) is 5.91 Å². The van der Waals surface area contributed by atoms with Crippen molar-refractivity contribution in [1.29, 1.82) is 0 Å². The SMILES string of the molecule is COc1ccc(CCCNC(=O)[C@H]2CN(S(C)(=O)=O)c3cc(C)ccc3O2)cc1OC. The van der Waals surface area contributed by atoms with Crippen LogP contribution in [0, 0.1) is 6.92 Å². The highest BCUT2D eigenvalue weighted by Crippen LogP contribution is 2.35. The molecule has 1 N–H and O–H groups in total. The molecule has 0 spiro atoms. The van der Waals surface area contributed by atoms with Crippen molar-refractivity contribution in [1.82, 2.24) is 5.32 Å². The number of hydrogen-bond acceptors (Lipinski definition) is 6. The monoisotopic (exact) mass is 448 g/mol. The first-order valence-electron chi connectivity index (χ1n) is 9.96. The third kappa shape index (κ3) is 5.41. The van der Waals surface area contributed by atoms with Gasteiger partial charge in [-0.2, -0.15) is 0 Å². The smallest absolute Gasteiger partial charge is 0.263 e. The van der Waals surface area contributed by atoms with Crippen molar-refractivity contribution >= 4 is 21.6 Å². The minimum atomic E-state index is -3.54. The summed E-state index contributed by atoms with van der Waals surface area (Å²) in [4.78, 5) is 12.6. The number of amides is 1. The molecule has 1 aliphatic rings. The van der Waals surface area contributed by atoms with Gasteiger partial charge in [0.15, 0.2) is 17.6 Å². The molecular formula is C22H28N2O6S. The van der Waals surface area contributed by atoms with Gasteiger partial charge in [-0.15, -0.1) is 0 Å². The van der Waals surface area contributed by atoms with Crippen LogP contribution in [0.15, 0.2) is 36.4 Å². The van der Waals surface area contributed by atoms with Crippen molar-refractivity contribution in [3.63, 3.8) is 0 Å². The Bertz CT molecular complexity index is 1050. The van der Waals surface area contributed by atoms with Gasteiger partial charge in [-0.25, -0.2) is 8.42 Å². The second kappa shape index (κ2) is 9.47. The lowest BCUT2D eigenvalue weighted by atomic mass is 10.1. The average Bonchev–Trinajstić information content (AvgIpc) is 2.74. The zero-order valence-corrected chi connectivity index (χ0v) is 19.0. The molecule has 1 aliphatic heterocycles. The molecular weight excluding hydrogens is 420 g/mol. The molecule has 0 bridgehead atoms. The Labute approximate surface area is 183 Å². The third-order valence-corrected chi connectivity index (χ3v) is 6.21. The van der Waals surface area contributed by atoms with Crippen molar-refractivity contribution in [2.45, 2.75) is 25.9 Å². The van der Waals surface area contributed by atoms with Gasteiger partial charge in [-0.05, 0) is 55.2 Å². The predicted octanol–water partition coefficient (Wildman–Crippen LogP) is 2.29. The van der Waals surface area contributed by atoms with E-state index in [-0.39, 0.29) is 12.5 Å². The van der Waals surface area contributed by atoms with E-state index in [0.717, 1.165) is 23.8 Å². The number of rotatable bonds is 8. The van der Waals surface area contributed by atoms with E-state index < -0.39 is 16.1 Å². The summed E-state index contributed by atoms with van der Waals surface area (Å²) in [5, 5.41) is 2.85. The van der Waals surface area contributed by atoms with Gasteiger partial charge in [0.05, 0.1) is 32.7 Å². The zero-order valence-electron chi connectivity index (χ0n) is 18.2. The largest absolute Gasteiger partial charge is 0.493 e. The van der Waals surface area contributed by atoms with Gasteiger partial charge >= 0.3 is 0 Å². The van der Waals surface area contributed by atoms with Crippen LogP contribution in [-0.2, 0) is 21.2 Å². The van der Waals surface area contributed by atoms with E-state index in [9.17, 15) is 13.2 Å². The lowest BCUT2D eigenvalue weighted by molar-refractivity contribution is -0.127. The predicted molar refractivity (Wildman–Crippen MR) is 119 cm³/mol. The van der Waals surface area contributed by atoms with Crippen LogP contribution in [0.4, 0.5) is 5.69 Å². The number of aryl methyl sites for hydroxylation is 2. The van der Waals surface area contributed by atoms with E-state index in [1.54, 1.807) is 26.4 Å². The minimum Gasteiger partial charge on any atom is -0.493 e. The first-order chi connectivity index (χ1) is 14.7.